The van der Waals surface area contributed by atoms with Gasteiger partial charge in [0.15, 0.2) is 5.69 Å². The minimum absolute atomic E-state index is 0.520. The van der Waals surface area contributed by atoms with Crippen LogP contribution in [0.2, 0.25) is 0 Å². The van der Waals surface area contributed by atoms with Crippen molar-refractivity contribution in [3.63, 3.8) is 0 Å². The smallest absolute Gasteiger partial charge is 0.189 e. The summed E-state index contributed by atoms with van der Waals surface area (Å²) in [4.78, 5) is 3.82. The van der Waals surface area contributed by atoms with Crippen molar-refractivity contribution in [2.24, 2.45) is 0 Å². The summed E-state index contributed by atoms with van der Waals surface area (Å²) in [6, 6.07) is 44.2. The standard InChI is InChI=1S/C39H20N4O/c1-42-30-18-29(27-6-4-5-26(17-27)28-11-14-39-35(20-28)32-7-2-3-8-38(32)44-39)19-31(21-30)43-36-12-9-24(22-40)15-33(36)34-16-25(23-41)10-13-37(34)43/h2-21H. The molecule has 5 heteroatoms. The Bertz CT molecular complexity index is 2530. The van der Waals surface area contributed by atoms with E-state index >= 15 is 0 Å². The molecule has 0 amide bonds. The third-order valence-electron chi connectivity index (χ3n) is 8.22. The molecular weight excluding hydrogens is 540 g/mol. The fourth-order valence-electron chi connectivity index (χ4n) is 6.18. The van der Waals surface area contributed by atoms with Gasteiger partial charge in [-0.05, 0) is 101 Å². The molecule has 0 saturated carbocycles. The van der Waals surface area contributed by atoms with E-state index in [-0.39, 0.29) is 0 Å². The average Bonchev–Trinajstić information content (AvgIpc) is 3.62. The summed E-state index contributed by atoms with van der Waals surface area (Å²) in [7, 11) is 0. The van der Waals surface area contributed by atoms with Crippen molar-refractivity contribution in [3.8, 4) is 40.1 Å². The number of para-hydroxylation sites is 1. The third-order valence-corrected chi connectivity index (χ3v) is 8.22. The number of benzene rings is 6. The zero-order valence-electron chi connectivity index (χ0n) is 23.2. The van der Waals surface area contributed by atoms with Crippen molar-refractivity contribution in [2.45, 2.75) is 0 Å². The third kappa shape index (κ3) is 3.92. The molecule has 2 aromatic heterocycles. The molecule has 0 atom stereocenters. The van der Waals surface area contributed by atoms with E-state index < -0.39 is 0 Å². The number of nitrogens with zero attached hydrogens (tertiary/aromatic N) is 4. The Labute approximate surface area is 252 Å². The summed E-state index contributed by atoms with van der Waals surface area (Å²) in [5, 5.41) is 23.1. The number of fused-ring (bicyclic) bond motifs is 6. The van der Waals surface area contributed by atoms with Crippen LogP contribution in [0.3, 0.4) is 0 Å². The molecule has 0 saturated heterocycles. The van der Waals surface area contributed by atoms with Gasteiger partial charge < -0.3 is 8.98 Å². The van der Waals surface area contributed by atoms with E-state index in [1.165, 1.54) is 0 Å². The van der Waals surface area contributed by atoms with Crippen molar-refractivity contribution in [3.05, 3.63) is 144 Å². The molecule has 0 N–H and O–H groups in total. The minimum Gasteiger partial charge on any atom is -0.456 e. The first-order valence-corrected chi connectivity index (χ1v) is 14.1. The van der Waals surface area contributed by atoms with Crippen molar-refractivity contribution < 1.29 is 4.42 Å². The largest absolute Gasteiger partial charge is 0.456 e. The lowest BCUT2D eigenvalue weighted by Gasteiger charge is -2.13. The van der Waals surface area contributed by atoms with Crippen LogP contribution < -0.4 is 0 Å². The number of rotatable bonds is 3. The van der Waals surface area contributed by atoms with Gasteiger partial charge in [-0.15, -0.1) is 0 Å². The van der Waals surface area contributed by atoms with Gasteiger partial charge >= 0.3 is 0 Å². The van der Waals surface area contributed by atoms with Gasteiger partial charge in [0.1, 0.15) is 11.2 Å². The fraction of sp³-hybridized carbons (Fsp3) is 0. The minimum atomic E-state index is 0.520. The monoisotopic (exact) mass is 560 g/mol. The van der Waals surface area contributed by atoms with Crippen molar-refractivity contribution in [2.75, 3.05) is 0 Å². The molecule has 5 nitrogen and oxygen atoms in total. The maximum atomic E-state index is 9.57. The van der Waals surface area contributed by atoms with Crippen LogP contribution in [0.1, 0.15) is 11.1 Å². The van der Waals surface area contributed by atoms with E-state index in [0.717, 1.165) is 71.7 Å². The van der Waals surface area contributed by atoms with E-state index in [1.807, 2.05) is 66.7 Å². The Kier molecular flexibility index (Phi) is 5.56. The molecule has 0 spiro atoms. The van der Waals surface area contributed by atoms with E-state index in [9.17, 15) is 10.5 Å². The van der Waals surface area contributed by atoms with Crippen LogP contribution in [0, 0.1) is 29.2 Å². The molecule has 6 aromatic carbocycles. The molecular formula is C39H20N4O. The number of nitriles is 2. The zero-order valence-corrected chi connectivity index (χ0v) is 23.2. The fourth-order valence-corrected chi connectivity index (χ4v) is 6.18. The van der Waals surface area contributed by atoms with Crippen molar-refractivity contribution >= 4 is 49.4 Å². The first-order chi connectivity index (χ1) is 21.6. The molecule has 8 aromatic rings. The van der Waals surface area contributed by atoms with Crippen molar-refractivity contribution in [1.29, 1.82) is 10.5 Å². The van der Waals surface area contributed by atoms with E-state index in [4.69, 9.17) is 11.0 Å². The summed E-state index contributed by atoms with van der Waals surface area (Å²) >= 11 is 0. The maximum Gasteiger partial charge on any atom is 0.189 e. The van der Waals surface area contributed by atoms with Crippen LogP contribution in [0.5, 0.6) is 0 Å². The molecule has 44 heavy (non-hydrogen) atoms. The summed E-state index contributed by atoms with van der Waals surface area (Å²) < 4.78 is 8.14. The molecule has 0 aliphatic heterocycles. The Balaban J connectivity index is 1.30. The quantitative estimate of drug-likeness (QED) is 0.202. The molecule has 0 unspecified atom stereocenters. The normalized spacial score (nSPS) is 11.1. The van der Waals surface area contributed by atoms with Gasteiger partial charge in [0.05, 0.1) is 40.9 Å². The van der Waals surface area contributed by atoms with Gasteiger partial charge in [0.2, 0.25) is 0 Å². The Hall–Kier alpha value is -6.61. The van der Waals surface area contributed by atoms with Gasteiger partial charge in [-0.25, -0.2) is 4.85 Å². The molecule has 0 radical (unpaired) electrons. The first-order valence-electron chi connectivity index (χ1n) is 14.1. The Morgan fingerprint density at radius 1 is 0.545 bits per heavy atom. The molecule has 8 rings (SSSR count). The predicted octanol–water partition coefficient (Wildman–Crippen LogP) is 10.3. The summed E-state index contributed by atoms with van der Waals surface area (Å²) in [6.07, 6.45) is 0. The molecule has 0 bridgehead atoms. The highest BCUT2D eigenvalue weighted by Gasteiger charge is 2.16. The lowest BCUT2D eigenvalue weighted by atomic mass is 9.97. The summed E-state index contributed by atoms with van der Waals surface area (Å²) in [5.74, 6) is 0. The second-order valence-electron chi connectivity index (χ2n) is 10.8. The number of hydrogen-bond acceptors (Lipinski definition) is 3. The second kappa shape index (κ2) is 9.74. The second-order valence-corrected chi connectivity index (χ2v) is 10.8. The van der Waals surface area contributed by atoms with E-state index in [2.05, 4.69) is 64.0 Å². The van der Waals surface area contributed by atoms with Crippen LogP contribution in [0.15, 0.2) is 126 Å². The topological polar surface area (TPSA) is 70.0 Å². The molecule has 0 aliphatic rings. The lowest BCUT2D eigenvalue weighted by Crippen LogP contribution is -1.95. The average molecular weight is 561 g/mol. The van der Waals surface area contributed by atoms with Crippen molar-refractivity contribution in [1.82, 2.24) is 4.57 Å². The highest BCUT2D eigenvalue weighted by Crippen LogP contribution is 2.38. The van der Waals surface area contributed by atoms with Gasteiger partial charge in [-0.1, -0.05) is 42.5 Å². The van der Waals surface area contributed by atoms with E-state index in [1.54, 1.807) is 12.1 Å². The number of hydrogen-bond donors (Lipinski definition) is 0. The predicted molar refractivity (Wildman–Crippen MR) is 175 cm³/mol. The van der Waals surface area contributed by atoms with Gasteiger partial charge in [0, 0.05) is 27.2 Å². The Morgan fingerprint density at radius 2 is 1.20 bits per heavy atom. The van der Waals surface area contributed by atoms with Crippen LogP contribution in [-0.4, -0.2) is 4.57 Å². The van der Waals surface area contributed by atoms with Gasteiger partial charge in [-0.3, -0.25) is 0 Å². The molecule has 0 fully saturated rings. The highest BCUT2D eigenvalue weighted by molar-refractivity contribution is 6.10. The molecule has 2 heterocycles. The van der Waals surface area contributed by atoms with Gasteiger partial charge in [0.25, 0.3) is 0 Å². The first kappa shape index (κ1) is 25.1. The molecule has 0 aliphatic carbocycles. The highest BCUT2D eigenvalue weighted by atomic mass is 16.3. The maximum absolute atomic E-state index is 9.57. The van der Waals surface area contributed by atoms with Crippen LogP contribution in [0.4, 0.5) is 5.69 Å². The summed E-state index contributed by atoms with van der Waals surface area (Å²) in [6.45, 7) is 7.90. The van der Waals surface area contributed by atoms with Crippen LogP contribution in [0.25, 0.3) is 76.5 Å². The lowest BCUT2D eigenvalue weighted by molar-refractivity contribution is 0.669. The van der Waals surface area contributed by atoms with Gasteiger partial charge in [-0.2, -0.15) is 10.5 Å². The summed E-state index contributed by atoms with van der Waals surface area (Å²) in [5.41, 5.74) is 10.0. The SMILES string of the molecule is [C-]#[N+]c1cc(-c2cccc(-c3ccc4oc5ccccc5c4c3)c2)cc(-n2c3ccc(C#N)cc3c3cc(C#N)ccc32)c1. The van der Waals surface area contributed by atoms with Crippen LogP contribution >= 0.6 is 0 Å². The van der Waals surface area contributed by atoms with E-state index in [0.29, 0.717) is 16.8 Å². The number of aromatic nitrogens is 1. The molecule has 202 valence electrons. The zero-order chi connectivity index (χ0) is 29.8. The van der Waals surface area contributed by atoms with Crippen LogP contribution in [-0.2, 0) is 0 Å². The Morgan fingerprint density at radius 3 is 1.91 bits per heavy atom. The number of furan rings is 1.